The zero-order chi connectivity index (χ0) is 14.0. The normalized spacial score (nSPS) is 10.3. The van der Waals surface area contributed by atoms with Gasteiger partial charge in [0.2, 0.25) is 0 Å². The maximum Gasteiger partial charge on any atom is 0.339 e. The van der Waals surface area contributed by atoms with Crippen molar-refractivity contribution in [2.24, 2.45) is 0 Å². The predicted octanol–water partition coefficient (Wildman–Crippen LogP) is 4.62. The van der Waals surface area contributed by atoms with E-state index < -0.39 is 11.8 Å². The van der Waals surface area contributed by atoms with Crippen molar-refractivity contribution in [3.63, 3.8) is 0 Å². The zero-order valence-electron chi connectivity index (χ0n) is 9.36. The van der Waals surface area contributed by atoms with Crippen LogP contribution in [0, 0.1) is 5.82 Å². The number of aromatic carboxylic acids is 1. The topological polar surface area (TPSA) is 46.5 Å². The first-order chi connectivity index (χ1) is 8.99. The first kappa shape index (κ1) is 13.6. The van der Waals surface area contributed by atoms with Gasteiger partial charge in [0.05, 0.1) is 5.02 Å². The van der Waals surface area contributed by atoms with Gasteiger partial charge in [0.15, 0.2) is 11.6 Å². The summed E-state index contributed by atoms with van der Waals surface area (Å²) in [5.41, 5.74) is -0.160. The van der Waals surface area contributed by atoms with Gasteiger partial charge in [0.1, 0.15) is 11.3 Å². The van der Waals surface area contributed by atoms with E-state index in [2.05, 4.69) is 0 Å². The molecule has 0 fully saturated rings. The molecule has 0 aliphatic heterocycles. The van der Waals surface area contributed by atoms with Gasteiger partial charge in [-0.15, -0.1) is 0 Å². The van der Waals surface area contributed by atoms with Crippen LogP contribution in [-0.2, 0) is 0 Å². The summed E-state index contributed by atoms with van der Waals surface area (Å²) in [7, 11) is 0. The molecule has 0 amide bonds. The Morgan fingerprint density at radius 2 is 1.89 bits per heavy atom. The summed E-state index contributed by atoms with van der Waals surface area (Å²) in [5.74, 6) is -2.15. The molecule has 19 heavy (non-hydrogen) atoms. The third kappa shape index (κ3) is 2.97. The molecule has 0 saturated carbocycles. The molecule has 0 aliphatic carbocycles. The monoisotopic (exact) mass is 300 g/mol. The second kappa shape index (κ2) is 5.47. The average Bonchev–Trinajstić information content (AvgIpc) is 2.36. The number of carbonyl (C=O) groups is 1. The Hall–Kier alpha value is -1.78. The average molecular weight is 301 g/mol. The smallest absolute Gasteiger partial charge is 0.339 e. The molecule has 0 unspecified atom stereocenters. The molecular formula is C13H7Cl2FO3. The van der Waals surface area contributed by atoms with Gasteiger partial charge in [-0.3, -0.25) is 0 Å². The molecular weight excluding hydrogens is 294 g/mol. The molecule has 0 spiro atoms. The Morgan fingerprint density at radius 1 is 1.16 bits per heavy atom. The van der Waals surface area contributed by atoms with Gasteiger partial charge in [-0.2, -0.15) is 0 Å². The van der Waals surface area contributed by atoms with Gasteiger partial charge < -0.3 is 9.84 Å². The first-order valence-corrected chi connectivity index (χ1v) is 5.89. The van der Waals surface area contributed by atoms with Crippen LogP contribution in [0.25, 0.3) is 0 Å². The fraction of sp³-hybridized carbons (Fsp3) is 0. The fourth-order valence-electron chi connectivity index (χ4n) is 1.44. The van der Waals surface area contributed by atoms with Crippen molar-refractivity contribution in [2.45, 2.75) is 0 Å². The Labute approximate surface area is 118 Å². The zero-order valence-corrected chi connectivity index (χ0v) is 10.9. The highest BCUT2D eigenvalue weighted by Gasteiger charge is 2.15. The third-order valence-corrected chi connectivity index (χ3v) is 2.84. The molecule has 0 bridgehead atoms. The van der Waals surface area contributed by atoms with Gasteiger partial charge in [-0.05, 0) is 30.3 Å². The highest BCUT2D eigenvalue weighted by atomic mass is 35.5. The molecule has 0 atom stereocenters. The van der Waals surface area contributed by atoms with Gasteiger partial charge in [0.25, 0.3) is 0 Å². The van der Waals surface area contributed by atoms with E-state index in [-0.39, 0.29) is 27.1 Å². The molecule has 6 heteroatoms. The molecule has 0 heterocycles. The van der Waals surface area contributed by atoms with E-state index >= 15 is 0 Å². The molecule has 2 aromatic rings. The van der Waals surface area contributed by atoms with Crippen LogP contribution in [0.1, 0.15) is 10.4 Å². The molecule has 98 valence electrons. The molecule has 0 aliphatic rings. The van der Waals surface area contributed by atoms with Crippen molar-refractivity contribution < 1.29 is 19.0 Å². The lowest BCUT2D eigenvalue weighted by Gasteiger charge is -2.10. The lowest BCUT2D eigenvalue weighted by atomic mass is 10.2. The highest BCUT2D eigenvalue weighted by molar-refractivity contribution is 6.31. The standard InChI is InChI=1S/C13H7Cl2FO3/c14-7-4-5-10(8(6-7)13(17)18)19-11-3-1-2-9(15)12(11)16/h1-6H,(H,17,18). The van der Waals surface area contributed by atoms with Crippen molar-refractivity contribution in [3.05, 3.63) is 57.8 Å². The van der Waals surface area contributed by atoms with E-state index in [0.717, 1.165) is 0 Å². The maximum atomic E-state index is 13.7. The van der Waals surface area contributed by atoms with E-state index in [1.807, 2.05) is 0 Å². The van der Waals surface area contributed by atoms with Crippen LogP contribution >= 0.6 is 23.2 Å². The van der Waals surface area contributed by atoms with Gasteiger partial charge in [-0.1, -0.05) is 29.3 Å². The van der Waals surface area contributed by atoms with E-state index in [1.165, 1.54) is 36.4 Å². The largest absolute Gasteiger partial charge is 0.478 e. The molecule has 1 N–H and O–H groups in total. The quantitative estimate of drug-likeness (QED) is 0.899. The molecule has 0 radical (unpaired) electrons. The minimum atomic E-state index is -1.22. The van der Waals surface area contributed by atoms with Crippen molar-refractivity contribution in [1.82, 2.24) is 0 Å². The summed E-state index contributed by atoms with van der Waals surface area (Å²) in [6.45, 7) is 0. The Morgan fingerprint density at radius 3 is 2.58 bits per heavy atom. The number of rotatable bonds is 3. The lowest BCUT2D eigenvalue weighted by molar-refractivity contribution is 0.0694. The second-order valence-corrected chi connectivity index (χ2v) is 4.44. The van der Waals surface area contributed by atoms with Crippen molar-refractivity contribution in [3.8, 4) is 11.5 Å². The van der Waals surface area contributed by atoms with Crippen LogP contribution in [0.2, 0.25) is 10.0 Å². The van der Waals surface area contributed by atoms with Gasteiger partial charge in [0, 0.05) is 5.02 Å². The highest BCUT2D eigenvalue weighted by Crippen LogP contribution is 2.31. The number of carboxylic acid groups (broad SMARTS) is 1. The van der Waals surface area contributed by atoms with Crippen LogP contribution in [0.15, 0.2) is 36.4 Å². The molecule has 3 nitrogen and oxygen atoms in total. The number of benzene rings is 2. The Bertz CT molecular complexity index is 644. The van der Waals surface area contributed by atoms with Crippen molar-refractivity contribution in [1.29, 1.82) is 0 Å². The van der Waals surface area contributed by atoms with Gasteiger partial charge in [-0.25, -0.2) is 9.18 Å². The summed E-state index contributed by atoms with van der Waals surface area (Å²) in [6, 6.07) is 8.24. The number of hydrogen-bond donors (Lipinski definition) is 1. The van der Waals surface area contributed by atoms with Crippen LogP contribution < -0.4 is 4.74 Å². The summed E-state index contributed by atoms with van der Waals surface area (Å²) in [6.07, 6.45) is 0. The second-order valence-electron chi connectivity index (χ2n) is 3.60. The number of hydrogen-bond acceptors (Lipinski definition) is 2. The molecule has 0 saturated heterocycles. The molecule has 0 aromatic heterocycles. The summed E-state index contributed by atoms with van der Waals surface area (Å²) < 4.78 is 18.9. The minimum absolute atomic E-state index is 0.0157. The summed E-state index contributed by atoms with van der Waals surface area (Å²) in [5, 5.41) is 9.17. The van der Waals surface area contributed by atoms with Crippen LogP contribution in [0.4, 0.5) is 4.39 Å². The van der Waals surface area contributed by atoms with E-state index in [0.29, 0.717) is 0 Å². The molecule has 2 rings (SSSR count). The Balaban J connectivity index is 2.44. The maximum absolute atomic E-state index is 13.7. The van der Waals surface area contributed by atoms with E-state index in [1.54, 1.807) is 0 Å². The number of ether oxygens (including phenoxy) is 1. The SMILES string of the molecule is O=C(O)c1cc(Cl)ccc1Oc1cccc(Cl)c1F. The van der Waals surface area contributed by atoms with Crippen molar-refractivity contribution in [2.75, 3.05) is 0 Å². The minimum Gasteiger partial charge on any atom is -0.478 e. The number of halogens is 3. The van der Waals surface area contributed by atoms with E-state index in [9.17, 15) is 9.18 Å². The van der Waals surface area contributed by atoms with Crippen LogP contribution in [-0.4, -0.2) is 11.1 Å². The Kier molecular flexibility index (Phi) is 3.93. The molecule has 2 aromatic carbocycles. The third-order valence-electron chi connectivity index (χ3n) is 2.31. The van der Waals surface area contributed by atoms with Crippen LogP contribution in [0.3, 0.4) is 0 Å². The van der Waals surface area contributed by atoms with E-state index in [4.69, 9.17) is 33.0 Å². The lowest BCUT2D eigenvalue weighted by Crippen LogP contribution is -2.00. The van der Waals surface area contributed by atoms with Crippen molar-refractivity contribution >= 4 is 29.2 Å². The van der Waals surface area contributed by atoms with Gasteiger partial charge >= 0.3 is 5.97 Å². The number of carboxylic acids is 1. The first-order valence-electron chi connectivity index (χ1n) is 5.13. The summed E-state index contributed by atoms with van der Waals surface area (Å²) in [4.78, 5) is 11.1. The summed E-state index contributed by atoms with van der Waals surface area (Å²) >= 11 is 11.3. The predicted molar refractivity (Wildman–Crippen MR) is 69.9 cm³/mol. The fourth-order valence-corrected chi connectivity index (χ4v) is 1.78. The van der Waals surface area contributed by atoms with Crippen LogP contribution in [0.5, 0.6) is 11.5 Å².